The van der Waals surface area contributed by atoms with Crippen molar-refractivity contribution in [2.45, 2.75) is 37.0 Å². The second-order valence-corrected chi connectivity index (χ2v) is 9.55. The van der Waals surface area contributed by atoms with Gasteiger partial charge in [0.25, 0.3) is 10.0 Å². The van der Waals surface area contributed by atoms with Gasteiger partial charge in [-0.05, 0) is 28.7 Å². The third kappa shape index (κ3) is 3.43. The molecule has 6 heteroatoms. The van der Waals surface area contributed by atoms with Crippen LogP contribution in [0, 0.1) is 11.3 Å². The standard InChI is InChI=1S/C21H23N3O2S/c1-21(2,3)16-9-11-17(12-10-16)27(25,26)24-14-19(18(13-22)20(24)23)15-7-5-4-6-8-15/h4-12,19H,14,23H2,1-3H3. The van der Waals surface area contributed by atoms with Crippen molar-refractivity contribution in [3.05, 3.63) is 77.1 Å². The first-order valence-corrected chi connectivity index (χ1v) is 10.2. The van der Waals surface area contributed by atoms with Crippen LogP contribution in [0.2, 0.25) is 0 Å². The van der Waals surface area contributed by atoms with Gasteiger partial charge >= 0.3 is 0 Å². The lowest BCUT2D eigenvalue weighted by molar-refractivity contribution is 0.487. The Hall–Kier alpha value is -2.78. The van der Waals surface area contributed by atoms with Gasteiger partial charge in [-0.2, -0.15) is 5.26 Å². The molecule has 1 unspecified atom stereocenters. The van der Waals surface area contributed by atoms with Gasteiger partial charge in [0.2, 0.25) is 0 Å². The zero-order valence-corrected chi connectivity index (χ0v) is 16.5. The van der Waals surface area contributed by atoms with Crippen LogP contribution >= 0.6 is 0 Å². The van der Waals surface area contributed by atoms with Crippen molar-refractivity contribution in [3.8, 4) is 6.07 Å². The van der Waals surface area contributed by atoms with Gasteiger partial charge in [0.1, 0.15) is 5.82 Å². The molecule has 140 valence electrons. The van der Waals surface area contributed by atoms with Crippen molar-refractivity contribution in [2.75, 3.05) is 6.54 Å². The molecule has 0 aromatic heterocycles. The van der Waals surface area contributed by atoms with E-state index in [0.29, 0.717) is 0 Å². The van der Waals surface area contributed by atoms with Crippen LogP contribution in [0.1, 0.15) is 37.8 Å². The summed E-state index contributed by atoms with van der Waals surface area (Å²) >= 11 is 0. The number of rotatable bonds is 3. The summed E-state index contributed by atoms with van der Waals surface area (Å²) in [5, 5.41) is 9.54. The zero-order chi connectivity index (χ0) is 19.8. The molecule has 0 spiro atoms. The fourth-order valence-electron chi connectivity index (χ4n) is 3.24. The number of nitriles is 1. The van der Waals surface area contributed by atoms with E-state index >= 15 is 0 Å². The third-order valence-electron chi connectivity index (χ3n) is 4.87. The van der Waals surface area contributed by atoms with Crippen molar-refractivity contribution >= 4 is 10.0 Å². The van der Waals surface area contributed by atoms with Gasteiger partial charge in [-0.1, -0.05) is 63.2 Å². The Bertz CT molecular complexity index is 1010. The van der Waals surface area contributed by atoms with Crippen molar-refractivity contribution in [3.63, 3.8) is 0 Å². The van der Waals surface area contributed by atoms with Crippen molar-refractivity contribution in [1.29, 1.82) is 5.26 Å². The summed E-state index contributed by atoms with van der Waals surface area (Å²) in [7, 11) is -3.83. The average Bonchev–Trinajstić information content (AvgIpc) is 2.99. The number of hydrogen-bond acceptors (Lipinski definition) is 4. The second-order valence-electron chi connectivity index (χ2n) is 7.68. The maximum Gasteiger partial charge on any atom is 0.265 e. The highest BCUT2D eigenvalue weighted by Gasteiger charge is 2.38. The molecular weight excluding hydrogens is 358 g/mol. The van der Waals surface area contributed by atoms with Crippen LogP contribution in [0.3, 0.4) is 0 Å². The van der Waals surface area contributed by atoms with Gasteiger partial charge in [0.15, 0.2) is 0 Å². The molecule has 1 atom stereocenters. The number of benzene rings is 2. The van der Waals surface area contributed by atoms with E-state index in [1.54, 1.807) is 12.1 Å². The van der Waals surface area contributed by atoms with E-state index in [9.17, 15) is 13.7 Å². The quantitative estimate of drug-likeness (QED) is 0.882. The summed E-state index contributed by atoms with van der Waals surface area (Å²) in [6.07, 6.45) is 0. The first-order valence-electron chi connectivity index (χ1n) is 8.74. The molecule has 0 bridgehead atoms. The zero-order valence-electron chi connectivity index (χ0n) is 15.7. The van der Waals surface area contributed by atoms with Crippen LogP contribution in [0.25, 0.3) is 0 Å². The SMILES string of the molecule is CC(C)(C)c1ccc(S(=O)(=O)N2CC(c3ccccc3)C(C#N)=C2N)cc1. The predicted molar refractivity (Wildman–Crippen MR) is 105 cm³/mol. The molecule has 0 amide bonds. The van der Waals surface area contributed by atoms with E-state index in [1.807, 2.05) is 42.5 Å². The number of sulfonamides is 1. The lowest BCUT2D eigenvalue weighted by Crippen LogP contribution is -2.32. The molecule has 2 aromatic carbocycles. The molecule has 3 rings (SSSR count). The summed E-state index contributed by atoms with van der Waals surface area (Å²) in [6.45, 7) is 6.34. The highest BCUT2D eigenvalue weighted by molar-refractivity contribution is 7.89. The van der Waals surface area contributed by atoms with Crippen LogP contribution in [0.5, 0.6) is 0 Å². The molecule has 1 aliphatic rings. The molecule has 5 nitrogen and oxygen atoms in total. The summed E-state index contributed by atoms with van der Waals surface area (Å²) in [6, 6.07) is 18.3. The van der Waals surface area contributed by atoms with Crippen molar-refractivity contribution in [2.24, 2.45) is 5.73 Å². The molecule has 27 heavy (non-hydrogen) atoms. The molecule has 2 N–H and O–H groups in total. The van der Waals surface area contributed by atoms with E-state index in [4.69, 9.17) is 5.73 Å². The number of nitrogens with two attached hydrogens (primary N) is 1. The molecular formula is C21H23N3O2S. The third-order valence-corrected chi connectivity index (χ3v) is 6.67. The Balaban J connectivity index is 1.98. The monoisotopic (exact) mass is 381 g/mol. The van der Waals surface area contributed by atoms with Crippen LogP contribution in [0.4, 0.5) is 0 Å². The molecule has 1 aliphatic heterocycles. The smallest absolute Gasteiger partial charge is 0.265 e. The largest absolute Gasteiger partial charge is 0.384 e. The van der Waals surface area contributed by atoms with E-state index < -0.39 is 10.0 Å². The van der Waals surface area contributed by atoms with Crippen molar-refractivity contribution in [1.82, 2.24) is 4.31 Å². The fourth-order valence-corrected chi connectivity index (χ4v) is 4.68. The van der Waals surface area contributed by atoms with Crippen LogP contribution in [-0.2, 0) is 15.4 Å². The second kappa shape index (κ2) is 6.75. The first kappa shape index (κ1) is 19.0. The lowest BCUT2D eigenvalue weighted by Gasteiger charge is -2.22. The number of nitrogens with zero attached hydrogens (tertiary/aromatic N) is 2. The fraction of sp³-hybridized carbons (Fsp3) is 0.286. The topological polar surface area (TPSA) is 87.2 Å². The van der Waals surface area contributed by atoms with E-state index in [0.717, 1.165) is 15.4 Å². The molecule has 0 aliphatic carbocycles. The van der Waals surface area contributed by atoms with E-state index in [-0.39, 0.29) is 34.2 Å². The highest BCUT2D eigenvalue weighted by Crippen LogP contribution is 2.37. The van der Waals surface area contributed by atoms with Crippen LogP contribution in [0.15, 0.2) is 70.9 Å². The first-order chi connectivity index (χ1) is 12.7. The van der Waals surface area contributed by atoms with Gasteiger partial charge in [-0.25, -0.2) is 8.42 Å². The summed E-state index contributed by atoms with van der Waals surface area (Å²) in [5.41, 5.74) is 8.23. The molecule has 0 saturated heterocycles. The van der Waals surface area contributed by atoms with E-state index in [2.05, 4.69) is 26.8 Å². The average molecular weight is 382 g/mol. The minimum absolute atomic E-state index is 0.00579. The maximum atomic E-state index is 13.1. The van der Waals surface area contributed by atoms with Gasteiger partial charge in [-0.3, -0.25) is 4.31 Å². The Labute approximate surface area is 160 Å². The molecule has 0 saturated carbocycles. The molecule has 1 heterocycles. The van der Waals surface area contributed by atoms with Crippen LogP contribution < -0.4 is 5.73 Å². The summed E-state index contributed by atoms with van der Waals surface area (Å²) < 4.78 is 27.4. The van der Waals surface area contributed by atoms with Crippen molar-refractivity contribution < 1.29 is 8.42 Å². The predicted octanol–water partition coefficient (Wildman–Crippen LogP) is 3.47. The minimum atomic E-state index is -3.83. The lowest BCUT2D eigenvalue weighted by atomic mass is 9.87. The Morgan fingerprint density at radius 3 is 2.19 bits per heavy atom. The van der Waals surface area contributed by atoms with Gasteiger partial charge in [0.05, 0.1) is 16.5 Å². The van der Waals surface area contributed by atoms with Crippen LogP contribution in [-0.4, -0.2) is 19.3 Å². The van der Waals surface area contributed by atoms with Gasteiger partial charge in [0, 0.05) is 12.5 Å². The van der Waals surface area contributed by atoms with Gasteiger partial charge < -0.3 is 5.73 Å². The maximum absolute atomic E-state index is 13.1. The Kier molecular flexibility index (Phi) is 4.75. The molecule has 2 aromatic rings. The number of hydrogen-bond donors (Lipinski definition) is 1. The molecule has 0 radical (unpaired) electrons. The Morgan fingerprint density at radius 1 is 1.07 bits per heavy atom. The Morgan fingerprint density at radius 2 is 1.67 bits per heavy atom. The highest BCUT2D eigenvalue weighted by atomic mass is 32.2. The minimum Gasteiger partial charge on any atom is -0.384 e. The summed E-state index contributed by atoms with van der Waals surface area (Å²) in [4.78, 5) is 0.171. The van der Waals surface area contributed by atoms with E-state index in [1.165, 1.54) is 0 Å². The summed E-state index contributed by atoms with van der Waals surface area (Å²) in [5.74, 6) is -0.355. The normalized spacial score (nSPS) is 17.9. The van der Waals surface area contributed by atoms with Gasteiger partial charge in [-0.15, -0.1) is 0 Å². The molecule has 0 fully saturated rings.